The average molecular weight is 283 g/mol. The smallest absolute Gasteiger partial charge is 0.0412 e. The Morgan fingerprint density at radius 1 is 1.26 bits per heavy atom. The normalized spacial score (nSPS) is 12.8. The van der Waals surface area contributed by atoms with Crippen molar-refractivity contribution in [1.82, 2.24) is 5.32 Å². The number of rotatable bonds is 7. The van der Waals surface area contributed by atoms with Gasteiger partial charge in [0.25, 0.3) is 0 Å². The van der Waals surface area contributed by atoms with E-state index in [1.54, 1.807) is 0 Å². The van der Waals surface area contributed by atoms with Gasteiger partial charge in [0.2, 0.25) is 0 Å². The van der Waals surface area contributed by atoms with Gasteiger partial charge < -0.3 is 10.2 Å². The molecule has 1 aromatic rings. The van der Waals surface area contributed by atoms with E-state index in [1.807, 2.05) is 6.07 Å². The lowest BCUT2D eigenvalue weighted by atomic mass is 10.0. The average Bonchev–Trinajstić information content (AvgIpc) is 2.34. The van der Waals surface area contributed by atoms with Crippen molar-refractivity contribution in [2.24, 2.45) is 5.92 Å². The molecule has 108 valence electrons. The Morgan fingerprint density at radius 2 is 1.95 bits per heavy atom. The third-order valence-electron chi connectivity index (χ3n) is 3.46. The minimum absolute atomic E-state index is 0.529. The summed E-state index contributed by atoms with van der Waals surface area (Å²) in [5, 5.41) is 4.19. The van der Waals surface area contributed by atoms with Crippen LogP contribution < -0.4 is 10.2 Å². The number of benzene rings is 1. The lowest BCUT2D eigenvalue weighted by Gasteiger charge is -2.30. The second-order valence-corrected chi connectivity index (χ2v) is 6.08. The van der Waals surface area contributed by atoms with E-state index < -0.39 is 0 Å². The molecular weight excluding hydrogens is 256 g/mol. The van der Waals surface area contributed by atoms with Crippen molar-refractivity contribution in [2.75, 3.05) is 18.5 Å². The fraction of sp³-hybridized carbons (Fsp3) is 0.625. The van der Waals surface area contributed by atoms with Crippen LogP contribution >= 0.6 is 11.6 Å². The summed E-state index contributed by atoms with van der Waals surface area (Å²) in [6, 6.07) is 6.70. The van der Waals surface area contributed by atoms with Crippen molar-refractivity contribution in [3.8, 4) is 0 Å². The molecule has 2 nitrogen and oxygen atoms in total. The molecule has 0 amide bonds. The summed E-state index contributed by atoms with van der Waals surface area (Å²) < 4.78 is 0. The molecule has 3 heteroatoms. The molecule has 0 bridgehead atoms. The van der Waals surface area contributed by atoms with Crippen LogP contribution in [0.2, 0.25) is 5.02 Å². The molecular formula is C16H27ClN2. The van der Waals surface area contributed by atoms with Gasteiger partial charge in [0.15, 0.2) is 0 Å². The second-order valence-electron chi connectivity index (χ2n) is 5.64. The van der Waals surface area contributed by atoms with E-state index >= 15 is 0 Å². The van der Waals surface area contributed by atoms with Crippen LogP contribution in [0.5, 0.6) is 0 Å². The number of hydrogen-bond acceptors (Lipinski definition) is 2. The zero-order valence-electron chi connectivity index (χ0n) is 12.8. The SMILES string of the molecule is CCNCc1cc(Cl)ccc1N(C)C(C)CC(C)C. The van der Waals surface area contributed by atoms with E-state index in [9.17, 15) is 0 Å². The van der Waals surface area contributed by atoms with Gasteiger partial charge in [0, 0.05) is 30.3 Å². The lowest BCUT2D eigenvalue weighted by Crippen LogP contribution is -2.31. The van der Waals surface area contributed by atoms with Gasteiger partial charge in [-0.25, -0.2) is 0 Å². The van der Waals surface area contributed by atoms with Crippen molar-refractivity contribution in [3.05, 3.63) is 28.8 Å². The van der Waals surface area contributed by atoms with Crippen LogP contribution in [0.4, 0.5) is 5.69 Å². The first-order valence-corrected chi connectivity index (χ1v) is 7.55. The summed E-state index contributed by atoms with van der Waals surface area (Å²) in [6.07, 6.45) is 1.19. The Balaban J connectivity index is 2.90. The zero-order chi connectivity index (χ0) is 14.4. The molecule has 1 aromatic carbocycles. The van der Waals surface area contributed by atoms with Crippen LogP contribution in [0.3, 0.4) is 0 Å². The van der Waals surface area contributed by atoms with Crippen molar-refractivity contribution >= 4 is 17.3 Å². The fourth-order valence-electron chi connectivity index (χ4n) is 2.38. The minimum atomic E-state index is 0.529. The van der Waals surface area contributed by atoms with Gasteiger partial charge in [0.1, 0.15) is 0 Å². The second kappa shape index (κ2) is 7.76. The Kier molecular flexibility index (Phi) is 6.67. The molecule has 0 aliphatic rings. The first-order chi connectivity index (χ1) is 8.95. The Morgan fingerprint density at radius 3 is 2.53 bits per heavy atom. The maximum Gasteiger partial charge on any atom is 0.0412 e. The molecule has 0 aromatic heterocycles. The molecule has 0 radical (unpaired) electrons. The standard InChI is InChI=1S/C16H27ClN2/c1-6-18-11-14-10-15(17)7-8-16(14)19(5)13(4)9-12(2)3/h7-8,10,12-13,18H,6,9,11H2,1-5H3. The highest BCUT2D eigenvalue weighted by Crippen LogP contribution is 2.26. The van der Waals surface area contributed by atoms with Crippen molar-refractivity contribution in [2.45, 2.75) is 46.7 Å². The Hall–Kier alpha value is -0.730. The predicted octanol–water partition coefficient (Wildman–Crippen LogP) is 4.32. The van der Waals surface area contributed by atoms with Crippen molar-refractivity contribution in [3.63, 3.8) is 0 Å². The number of hydrogen-bond donors (Lipinski definition) is 1. The molecule has 1 atom stereocenters. The van der Waals surface area contributed by atoms with Crippen LogP contribution in [0.25, 0.3) is 0 Å². The molecule has 0 heterocycles. The first kappa shape index (κ1) is 16.3. The van der Waals surface area contributed by atoms with Crippen LogP contribution in [-0.2, 0) is 6.54 Å². The van der Waals surface area contributed by atoms with Gasteiger partial charge in [-0.1, -0.05) is 32.4 Å². The van der Waals surface area contributed by atoms with Crippen molar-refractivity contribution in [1.29, 1.82) is 0 Å². The summed E-state index contributed by atoms with van der Waals surface area (Å²) >= 11 is 6.12. The van der Waals surface area contributed by atoms with Gasteiger partial charge in [-0.3, -0.25) is 0 Å². The molecule has 1 N–H and O–H groups in total. The monoisotopic (exact) mass is 282 g/mol. The quantitative estimate of drug-likeness (QED) is 0.801. The van der Waals surface area contributed by atoms with Crippen LogP contribution in [-0.4, -0.2) is 19.6 Å². The van der Waals surface area contributed by atoms with Gasteiger partial charge in [-0.15, -0.1) is 0 Å². The van der Waals surface area contributed by atoms with Crippen LogP contribution in [0.15, 0.2) is 18.2 Å². The molecule has 0 aliphatic carbocycles. The summed E-state index contributed by atoms with van der Waals surface area (Å²) in [5.74, 6) is 0.710. The molecule has 0 aliphatic heterocycles. The molecule has 0 fully saturated rings. The number of nitrogens with zero attached hydrogens (tertiary/aromatic N) is 1. The number of halogens is 1. The molecule has 19 heavy (non-hydrogen) atoms. The topological polar surface area (TPSA) is 15.3 Å². The maximum absolute atomic E-state index is 6.12. The van der Waals surface area contributed by atoms with E-state index in [0.29, 0.717) is 12.0 Å². The molecule has 0 saturated carbocycles. The Labute approximate surface area is 123 Å². The van der Waals surface area contributed by atoms with Gasteiger partial charge >= 0.3 is 0 Å². The summed E-state index contributed by atoms with van der Waals surface area (Å²) in [5.41, 5.74) is 2.55. The summed E-state index contributed by atoms with van der Waals surface area (Å²) in [7, 11) is 2.17. The summed E-state index contributed by atoms with van der Waals surface area (Å²) in [6.45, 7) is 10.8. The largest absolute Gasteiger partial charge is 0.372 e. The summed E-state index contributed by atoms with van der Waals surface area (Å²) in [4.78, 5) is 2.36. The third kappa shape index (κ3) is 5.04. The van der Waals surface area contributed by atoms with E-state index in [0.717, 1.165) is 18.1 Å². The molecule has 0 spiro atoms. The zero-order valence-corrected chi connectivity index (χ0v) is 13.6. The van der Waals surface area contributed by atoms with E-state index in [1.165, 1.54) is 17.7 Å². The highest BCUT2D eigenvalue weighted by molar-refractivity contribution is 6.30. The molecule has 1 unspecified atom stereocenters. The third-order valence-corrected chi connectivity index (χ3v) is 3.70. The highest BCUT2D eigenvalue weighted by Gasteiger charge is 2.15. The molecule has 0 saturated heterocycles. The lowest BCUT2D eigenvalue weighted by molar-refractivity contribution is 0.503. The van der Waals surface area contributed by atoms with E-state index in [2.05, 4.69) is 57.1 Å². The van der Waals surface area contributed by atoms with Crippen LogP contribution in [0, 0.1) is 5.92 Å². The molecule has 1 rings (SSSR count). The van der Waals surface area contributed by atoms with Gasteiger partial charge in [-0.05, 0) is 49.6 Å². The minimum Gasteiger partial charge on any atom is -0.372 e. The van der Waals surface area contributed by atoms with E-state index in [4.69, 9.17) is 11.6 Å². The van der Waals surface area contributed by atoms with E-state index in [-0.39, 0.29) is 0 Å². The first-order valence-electron chi connectivity index (χ1n) is 7.17. The Bertz CT molecular complexity index is 390. The van der Waals surface area contributed by atoms with Crippen molar-refractivity contribution < 1.29 is 0 Å². The van der Waals surface area contributed by atoms with Gasteiger partial charge in [-0.2, -0.15) is 0 Å². The predicted molar refractivity (Wildman–Crippen MR) is 86.2 cm³/mol. The number of anilines is 1. The van der Waals surface area contributed by atoms with Gasteiger partial charge in [0.05, 0.1) is 0 Å². The number of nitrogens with one attached hydrogen (secondary N) is 1. The van der Waals surface area contributed by atoms with Crippen LogP contribution in [0.1, 0.15) is 39.7 Å². The fourth-order valence-corrected chi connectivity index (χ4v) is 2.57. The highest BCUT2D eigenvalue weighted by atomic mass is 35.5. The maximum atomic E-state index is 6.12.